The van der Waals surface area contributed by atoms with Gasteiger partial charge in [0.05, 0.1) is 13.1 Å². The first-order chi connectivity index (χ1) is 7.07. The Hall–Kier alpha value is -0.980. The molecule has 7 heteroatoms. The van der Waals surface area contributed by atoms with Crippen LogP contribution in [-0.4, -0.2) is 42.2 Å². The van der Waals surface area contributed by atoms with Gasteiger partial charge in [0.1, 0.15) is 11.7 Å². The third-order valence-electron chi connectivity index (χ3n) is 1.80. The number of amides is 1. The standard InChI is InChI=1S/C9H14F3NO3/c1-8(2,3)16-7(14)13-4-6(5-13)15-9(10,11)12/h6H,4-5H2,1-3H3. The molecule has 0 bridgehead atoms. The summed E-state index contributed by atoms with van der Waals surface area (Å²) in [5.74, 6) is 0. The zero-order valence-electron chi connectivity index (χ0n) is 9.30. The molecule has 0 aromatic carbocycles. The van der Waals surface area contributed by atoms with Gasteiger partial charge in [-0.2, -0.15) is 0 Å². The summed E-state index contributed by atoms with van der Waals surface area (Å²) >= 11 is 0. The molecule has 0 aromatic heterocycles. The van der Waals surface area contributed by atoms with Crippen LogP contribution in [0.15, 0.2) is 0 Å². The van der Waals surface area contributed by atoms with Crippen LogP contribution in [0.2, 0.25) is 0 Å². The number of carbonyl (C=O) groups is 1. The average molecular weight is 241 g/mol. The van der Waals surface area contributed by atoms with Crippen molar-refractivity contribution < 1.29 is 27.4 Å². The molecular weight excluding hydrogens is 227 g/mol. The highest BCUT2D eigenvalue weighted by molar-refractivity contribution is 5.69. The molecule has 4 nitrogen and oxygen atoms in total. The Morgan fingerprint density at radius 3 is 2.12 bits per heavy atom. The van der Waals surface area contributed by atoms with Crippen molar-refractivity contribution in [3.63, 3.8) is 0 Å². The predicted molar refractivity (Wildman–Crippen MR) is 48.7 cm³/mol. The minimum Gasteiger partial charge on any atom is -0.444 e. The van der Waals surface area contributed by atoms with Gasteiger partial charge in [0.25, 0.3) is 0 Å². The summed E-state index contributed by atoms with van der Waals surface area (Å²) in [5.41, 5.74) is -0.646. The van der Waals surface area contributed by atoms with Crippen LogP contribution in [0.25, 0.3) is 0 Å². The van der Waals surface area contributed by atoms with E-state index in [0.717, 1.165) is 0 Å². The summed E-state index contributed by atoms with van der Waals surface area (Å²) in [6, 6.07) is 0. The Morgan fingerprint density at radius 1 is 1.25 bits per heavy atom. The van der Waals surface area contributed by atoms with E-state index in [1.165, 1.54) is 4.90 Å². The van der Waals surface area contributed by atoms with Gasteiger partial charge in [0.15, 0.2) is 0 Å². The first-order valence-electron chi connectivity index (χ1n) is 4.79. The van der Waals surface area contributed by atoms with Crippen molar-refractivity contribution in [1.82, 2.24) is 4.90 Å². The highest BCUT2D eigenvalue weighted by atomic mass is 19.4. The van der Waals surface area contributed by atoms with Crippen LogP contribution in [0.4, 0.5) is 18.0 Å². The maximum absolute atomic E-state index is 11.8. The Kier molecular flexibility index (Phi) is 3.37. The Balaban J connectivity index is 2.28. The minimum atomic E-state index is -4.65. The summed E-state index contributed by atoms with van der Waals surface area (Å²) in [4.78, 5) is 12.5. The van der Waals surface area contributed by atoms with Crippen LogP contribution in [0.5, 0.6) is 0 Å². The van der Waals surface area contributed by atoms with E-state index in [2.05, 4.69) is 4.74 Å². The van der Waals surface area contributed by atoms with Crippen molar-refractivity contribution >= 4 is 6.09 Å². The molecule has 0 unspecified atom stereocenters. The molecule has 1 heterocycles. The van der Waals surface area contributed by atoms with Gasteiger partial charge >= 0.3 is 12.5 Å². The zero-order valence-corrected chi connectivity index (χ0v) is 9.30. The molecule has 16 heavy (non-hydrogen) atoms. The second-order valence-corrected chi connectivity index (χ2v) is 4.57. The van der Waals surface area contributed by atoms with Gasteiger partial charge in [0, 0.05) is 0 Å². The van der Waals surface area contributed by atoms with E-state index in [1.807, 2.05) is 0 Å². The molecular formula is C9H14F3NO3. The summed E-state index contributed by atoms with van der Waals surface area (Å²) in [7, 11) is 0. The highest BCUT2D eigenvalue weighted by Gasteiger charge is 2.41. The van der Waals surface area contributed by atoms with Crippen molar-refractivity contribution in [2.24, 2.45) is 0 Å². The predicted octanol–water partition coefficient (Wildman–Crippen LogP) is 2.14. The maximum atomic E-state index is 11.8. The van der Waals surface area contributed by atoms with Crippen molar-refractivity contribution in [2.75, 3.05) is 13.1 Å². The van der Waals surface area contributed by atoms with Crippen LogP contribution in [0, 0.1) is 0 Å². The minimum absolute atomic E-state index is 0.0889. The SMILES string of the molecule is CC(C)(C)OC(=O)N1CC(OC(F)(F)F)C1. The molecule has 0 saturated carbocycles. The lowest BCUT2D eigenvalue weighted by atomic mass is 10.2. The second kappa shape index (κ2) is 4.12. The van der Waals surface area contributed by atoms with Crippen molar-refractivity contribution in [2.45, 2.75) is 38.8 Å². The normalized spacial score (nSPS) is 18.2. The van der Waals surface area contributed by atoms with Gasteiger partial charge < -0.3 is 9.64 Å². The van der Waals surface area contributed by atoms with Gasteiger partial charge in [0.2, 0.25) is 0 Å². The number of hydrogen-bond donors (Lipinski definition) is 0. The number of nitrogens with zero attached hydrogens (tertiary/aromatic N) is 1. The Morgan fingerprint density at radius 2 is 1.75 bits per heavy atom. The molecule has 94 valence electrons. The summed E-state index contributed by atoms with van der Waals surface area (Å²) in [6.45, 7) is 4.89. The number of carbonyl (C=O) groups excluding carboxylic acids is 1. The number of halogens is 3. The lowest BCUT2D eigenvalue weighted by Gasteiger charge is -2.39. The molecule has 1 aliphatic heterocycles. The van der Waals surface area contributed by atoms with Crippen LogP contribution in [0.3, 0.4) is 0 Å². The fourth-order valence-electron chi connectivity index (χ4n) is 1.18. The monoisotopic (exact) mass is 241 g/mol. The van der Waals surface area contributed by atoms with Crippen LogP contribution >= 0.6 is 0 Å². The van der Waals surface area contributed by atoms with Crippen molar-refractivity contribution in [3.05, 3.63) is 0 Å². The highest BCUT2D eigenvalue weighted by Crippen LogP contribution is 2.24. The molecule has 1 amide bonds. The topological polar surface area (TPSA) is 38.8 Å². The van der Waals surface area contributed by atoms with E-state index in [9.17, 15) is 18.0 Å². The molecule has 0 aromatic rings. The number of rotatable bonds is 1. The molecule has 1 rings (SSSR count). The number of ether oxygens (including phenoxy) is 2. The van der Waals surface area contributed by atoms with E-state index in [-0.39, 0.29) is 13.1 Å². The average Bonchev–Trinajstić information content (AvgIpc) is 1.89. The molecule has 0 atom stereocenters. The van der Waals surface area contributed by atoms with Crippen LogP contribution in [0.1, 0.15) is 20.8 Å². The summed E-state index contributed by atoms with van der Waals surface area (Å²) < 4.78 is 44.0. The summed E-state index contributed by atoms with van der Waals surface area (Å²) in [5, 5.41) is 0. The zero-order chi connectivity index (χ0) is 12.6. The van der Waals surface area contributed by atoms with E-state index in [0.29, 0.717) is 0 Å². The lowest BCUT2D eigenvalue weighted by molar-refractivity contribution is -0.353. The molecule has 1 fully saturated rings. The molecule has 1 saturated heterocycles. The Bertz CT molecular complexity index is 266. The van der Waals surface area contributed by atoms with Gasteiger partial charge in [-0.15, -0.1) is 13.2 Å². The number of likely N-dealkylation sites (tertiary alicyclic amines) is 1. The van der Waals surface area contributed by atoms with E-state index in [1.54, 1.807) is 20.8 Å². The Labute approximate surface area is 91.3 Å². The van der Waals surface area contributed by atoms with Gasteiger partial charge in [-0.1, -0.05) is 0 Å². The molecule has 0 aliphatic carbocycles. The van der Waals surface area contributed by atoms with Crippen molar-refractivity contribution in [3.8, 4) is 0 Å². The third-order valence-corrected chi connectivity index (χ3v) is 1.80. The van der Waals surface area contributed by atoms with E-state index >= 15 is 0 Å². The first-order valence-corrected chi connectivity index (χ1v) is 4.79. The summed E-state index contributed by atoms with van der Waals surface area (Å²) in [6.07, 6.45) is -6.24. The fourth-order valence-corrected chi connectivity index (χ4v) is 1.18. The largest absolute Gasteiger partial charge is 0.522 e. The van der Waals surface area contributed by atoms with Gasteiger partial charge in [-0.25, -0.2) is 4.79 Å². The quantitative estimate of drug-likeness (QED) is 0.706. The van der Waals surface area contributed by atoms with Gasteiger partial charge in [-0.05, 0) is 20.8 Å². The smallest absolute Gasteiger partial charge is 0.444 e. The van der Waals surface area contributed by atoms with E-state index in [4.69, 9.17) is 4.74 Å². The third kappa shape index (κ3) is 4.26. The molecule has 0 spiro atoms. The van der Waals surface area contributed by atoms with Gasteiger partial charge in [-0.3, -0.25) is 4.74 Å². The van der Waals surface area contributed by atoms with E-state index < -0.39 is 24.2 Å². The fraction of sp³-hybridized carbons (Fsp3) is 0.889. The lowest BCUT2D eigenvalue weighted by Crippen LogP contribution is -2.57. The van der Waals surface area contributed by atoms with Crippen LogP contribution < -0.4 is 0 Å². The molecule has 0 radical (unpaired) electrons. The maximum Gasteiger partial charge on any atom is 0.522 e. The first kappa shape index (κ1) is 13.1. The number of hydrogen-bond acceptors (Lipinski definition) is 3. The molecule has 1 aliphatic rings. The number of alkyl halides is 3. The second-order valence-electron chi connectivity index (χ2n) is 4.57. The molecule has 0 N–H and O–H groups in total. The van der Waals surface area contributed by atoms with Crippen LogP contribution in [-0.2, 0) is 9.47 Å². The van der Waals surface area contributed by atoms with Crippen molar-refractivity contribution in [1.29, 1.82) is 0 Å².